The zero-order valence-corrected chi connectivity index (χ0v) is 15.8. The SMILES string of the molecule is Cc1nnc(N/N=C/c2ccccc2OCc2ccc(Cl)cc2Cl)[nH]c1=O. The van der Waals surface area contributed by atoms with Gasteiger partial charge in [0.05, 0.1) is 6.21 Å². The van der Waals surface area contributed by atoms with Gasteiger partial charge in [0.25, 0.3) is 5.56 Å². The minimum Gasteiger partial charge on any atom is -0.488 e. The third kappa shape index (κ3) is 5.06. The lowest BCUT2D eigenvalue weighted by Gasteiger charge is -2.10. The Labute approximate surface area is 165 Å². The first kappa shape index (κ1) is 18.9. The smallest absolute Gasteiger partial charge is 0.274 e. The first-order valence-electron chi connectivity index (χ1n) is 7.91. The third-order valence-electron chi connectivity index (χ3n) is 3.55. The minimum absolute atomic E-state index is 0.146. The highest BCUT2D eigenvalue weighted by Crippen LogP contribution is 2.23. The maximum Gasteiger partial charge on any atom is 0.274 e. The number of aryl methyl sites for hydroxylation is 1. The minimum atomic E-state index is -0.328. The van der Waals surface area contributed by atoms with Crippen LogP contribution in [-0.4, -0.2) is 21.4 Å². The average Bonchev–Trinajstić information content (AvgIpc) is 2.65. The number of aromatic amines is 1. The normalized spacial score (nSPS) is 10.9. The van der Waals surface area contributed by atoms with Gasteiger partial charge in [-0.05, 0) is 31.2 Å². The van der Waals surface area contributed by atoms with Crippen LogP contribution in [0.25, 0.3) is 0 Å². The molecule has 0 fully saturated rings. The largest absolute Gasteiger partial charge is 0.488 e. The van der Waals surface area contributed by atoms with Crippen LogP contribution in [-0.2, 0) is 6.61 Å². The summed E-state index contributed by atoms with van der Waals surface area (Å²) in [6, 6.07) is 12.6. The van der Waals surface area contributed by atoms with Crippen molar-refractivity contribution >= 4 is 35.4 Å². The quantitative estimate of drug-likeness (QED) is 0.482. The topological polar surface area (TPSA) is 92.3 Å². The van der Waals surface area contributed by atoms with E-state index in [2.05, 4.69) is 25.7 Å². The summed E-state index contributed by atoms with van der Waals surface area (Å²) >= 11 is 12.1. The monoisotopic (exact) mass is 403 g/mol. The van der Waals surface area contributed by atoms with Crippen molar-refractivity contribution in [3.05, 3.63) is 79.7 Å². The van der Waals surface area contributed by atoms with E-state index < -0.39 is 0 Å². The molecule has 2 aromatic carbocycles. The van der Waals surface area contributed by atoms with E-state index >= 15 is 0 Å². The molecule has 0 amide bonds. The number of para-hydroxylation sites is 1. The summed E-state index contributed by atoms with van der Waals surface area (Å²) in [6.45, 7) is 1.85. The van der Waals surface area contributed by atoms with Gasteiger partial charge in [0, 0.05) is 21.2 Å². The Kier molecular flexibility index (Phi) is 6.05. The van der Waals surface area contributed by atoms with E-state index in [1.165, 1.54) is 0 Å². The van der Waals surface area contributed by atoms with E-state index in [0.717, 1.165) is 11.1 Å². The summed E-state index contributed by atoms with van der Waals surface area (Å²) < 4.78 is 5.85. The van der Waals surface area contributed by atoms with Crippen LogP contribution in [0.3, 0.4) is 0 Å². The highest BCUT2D eigenvalue weighted by molar-refractivity contribution is 6.35. The Morgan fingerprint density at radius 1 is 1.22 bits per heavy atom. The number of halogens is 2. The standard InChI is InChI=1S/C18H15Cl2N5O2/c1-11-17(26)22-18(25-23-11)24-21-9-12-4-2-3-5-16(12)27-10-13-6-7-14(19)8-15(13)20/h2-9H,10H2,1H3,(H2,22,24,25,26)/b21-9+. The Morgan fingerprint density at radius 3 is 2.81 bits per heavy atom. The van der Waals surface area contributed by atoms with Crippen LogP contribution in [0.15, 0.2) is 52.4 Å². The molecule has 3 rings (SSSR count). The number of aromatic nitrogens is 3. The summed E-state index contributed by atoms with van der Waals surface area (Å²) in [7, 11) is 0. The summed E-state index contributed by atoms with van der Waals surface area (Å²) in [5, 5.41) is 12.7. The highest BCUT2D eigenvalue weighted by Gasteiger charge is 2.05. The number of nitrogens with one attached hydrogen (secondary N) is 2. The Bertz CT molecular complexity index is 1040. The van der Waals surface area contributed by atoms with Crippen LogP contribution in [0, 0.1) is 6.92 Å². The number of rotatable bonds is 6. The first-order valence-corrected chi connectivity index (χ1v) is 8.67. The molecule has 0 bridgehead atoms. The van der Waals surface area contributed by atoms with Gasteiger partial charge in [-0.3, -0.25) is 9.78 Å². The van der Waals surface area contributed by atoms with Crippen molar-refractivity contribution in [3.8, 4) is 5.75 Å². The molecule has 1 aromatic heterocycles. The molecule has 0 unspecified atom stereocenters. The zero-order chi connectivity index (χ0) is 19.2. The number of nitrogens with zero attached hydrogens (tertiary/aromatic N) is 3. The molecule has 0 saturated heterocycles. The summed E-state index contributed by atoms with van der Waals surface area (Å²) in [6.07, 6.45) is 1.55. The number of hydrazone groups is 1. The van der Waals surface area contributed by atoms with E-state index in [1.807, 2.05) is 30.3 Å². The first-order chi connectivity index (χ1) is 13.0. The van der Waals surface area contributed by atoms with Crippen molar-refractivity contribution in [2.24, 2.45) is 5.10 Å². The van der Waals surface area contributed by atoms with Gasteiger partial charge in [-0.2, -0.15) is 5.10 Å². The molecular weight excluding hydrogens is 389 g/mol. The maximum atomic E-state index is 11.5. The van der Waals surface area contributed by atoms with E-state index in [9.17, 15) is 4.79 Å². The molecular formula is C18H15Cl2N5O2. The Hall–Kier alpha value is -2.90. The number of hydrogen-bond donors (Lipinski definition) is 2. The van der Waals surface area contributed by atoms with Crippen molar-refractivity contribution in [2.45, 2.75) is 13.5 Å². The lowest BCUT2D eigenvalue weighted by Crippen LogP contribution is -2.15. The number of anilines is 1. The molecule has 0 atom stereocenters. The second-order valence-electron chi connectivity index (χ2n) is 5.52. The van der Waals surface area contributed by atoms with Crippen LogP contribution in [0.5, 0.6) is 5.75 Å². The van der Waals surface area contributed by atoms with Gasteiger partial charge in [0.1, 0.15) is 18.1 Å². The molecule has 0 aliphatic rings. The third-order valence-corrected chi connectivity index (χ3v) is 4.14. The van der Waals surface area contributed by atoms with Crippen LogP contribution >= 0.6 is 23.2 Å². The van der Waals surface area contributed by atoms with E-state index in [0.29, 0.717) is 15.8 Å². The zero-order valence-electron chi connectivity index (χ0n) is 14.2. The van der Waals surface area contributed by atoms with Crippen LogP contribution in [0.4, 0.5) is 5.95 Å². The molecule has 0 saturated carbocycles. The molecule has 9 heteroatoms. The van der Waals surface area contributed by atoms with Crippen molar-refractivity contribution in [3.63, 3.8) is 0 Å². The van der Waals surface area contributed by atoms with Crippen LogP contribution in [0.1, 0.15) is 16.8 Å². The Balaban J connectivity index is 1.69. The van der Waals surface area contributed by atoms with Gasteiger partial charge in [-0.25, -0.2) is 5.43 Å². The van der Waals surface area contributed by atoms with Gasteiger partial charge in [-0.1, -0.05) is 41.4 Å². The average molecular weight is 404 g/mol. The van der Waals surface area contributed by atoms with Gasteiger partial charge in [0.2, 0.25) is 5.95 Å². The molecule has 0 radical (unpaired) electrons. The van der Waals surface area contributed by atoms with Gasteiger partial charge >= 0.3 is 0 Å². The second-order valence-corrected chi connectivity index (χ2v) is 6.36. The molecule has 0 aliphatic carbocycles. The maximum absolute atomic E-state index is 11.5. The van der Waals surface area contributed by atoms with Crippen LogP contribution < -0.4 is 15.7 Å². The number of benzene rings is 2. The van der Waals surface area contributed by atoms with Crippen LogP contribution in [0.2, 0.25) is 10.0 Å². The van der Waals surface area contributed by atoms with E-state index in [4.69, 9.17) is 27.9 Å². The number of ether oxygens (including phenoxy) is 1. The van der Waals surface area contributed by atoms with Gasteiger partial charge in [0.15, 0.2) is 0 Å². The van der Waals surface area contributed by atoms with Crippen molar-refractivity contribution < 1.29 is 4.74 Å². The van der Waals surface area contributed by atoms with Crippen molar-refractivity contribution in [1.29, 1.82) is 0 Å². The molecule has 2 N–H and O–H groups in total. The summed E-state index contributed by atoms with van der Waals surface area (Å²) in [5.41, 5.74) is 4.13. The summed E-state index contributed by atoms with van der Waals surface area (Å²) in [4.78, 5) is 14.0. The molecule has 0 spiro atoms. The molecule has 7 nitrogen and oxygen atoms in total. The predicted octanol–water partition coefficient (Wildman–Crippen LogP) is 3.81. The van der Waals surface area contributed by atoms with E-state index in [1.54, 1.807) is 25.3 Å². The lowest BCUT2D eigenvalue weighted by molar-refractivity contribution is 0.306. The second kappa shape index (κ2) is 8.66. The molecule has 3 aromatic rings. The Morgan fingerprint density at radius 2 is 2.04 bits per heavy atom. The molecule has 138 valence electrons. The van der Waals surface area contributed by atoms with Gasteiger partial charge < -0.3 is 4.74 Å². The van der Waals surface area contributed by atoms with E-state index in [-0.39, 0.29) is 23.8 Å². The van der Waals surface area contributed by atoms with Crippen molar-refractivity contribution in [1.82, 2.24) is 15.2 Å². The fraction of sp³-hybridized carbons (Fsp3) is 0.111. The predicted molar refractivity (Wildman–Crippen MR) is 106 cm³/mol. The highest BCUT2D eigenvalue weighted by atomic mass is 35.5. The number of hydrogen-bond acceptors (Lipinski definition) is 6. The lowest BCUT2D eigenvalue weighted by atomic mass is 10.2. The van der Waals surface area contributed by atoms with Gasteiger partial charge in [-0.15, -0.1) is 10.2 Å². The fourth-order valence-electron chi connectivity index (χ4n) is 2.12. The van der Waals surface area contributed by atoms with Crippen molar-refractivity contribution in [2.75, 3.05) is 5.43 Å². The molecule has 0 aliphatic heterocycles. The fourth-order valence-corrected chi connectivity index (χ4v) is 2.58. The number of H-pyrrole nitrogens is 1. The molecule has 1 heterocycles. The summed E-state index contributed by atoms with van der Waals surface area (Å²) in [5.74, 6) is 0.769. The molecule has 27 heavy (non-hydrogen) atoms.